The van der Waals surface area contributed by atoms with Crippen molar-refractivity contribution in [2.24, 2.45) is 0 Å². The minimum absolute atomic E-state index is 0.190. The lowest BCUT2D eigenvalue weighted by molar-refractivity contribution is -0.111. The molecule has 0 unspecified atom stereocenters. The second-order valence-corrected chi connectivity index (χ2v) is 3.74. The molecule has 18 heavy (non-hydrogen) atoms. The summed E-state index contributed by atoms with van der Waals surface area (Å²) in [7, 11) is 0. The fraction of sp³-hybridized carbons (Fsp3) is 0.286. The summed E-state index contributed by atoms with van der Waals surface area (Å²) in [4.78, 5) is 22.9. The predicted molar refractivity (Wildman–Crippen MR) is 70.6 cm³/mol. The molecule has 0 atom stereocenters. The predicted octanol–water partition coefficient (Wildman–Crippen LogP) is 2.69. The summed E-state index contributed by atoms with van der Waals surface area (Å²) < 4.78 is 4.91. The third-order valence-electron chi connectivity index (χ3n) is 2.31. The van der Waals surface area contributed by atoms with Gasteiger partial charge in [-0.05, 0) is 50.6 Å². The molecule has 1 amide bonds. The van der Waals surface area contributed by atoms with E-state index in [1.807, 2.05) is 6.92 Å². The van der Waals surface area contributed by atoms with Gasteiger partial charge in [-0.15, -0.1) is 0 Å². The Morgan fingerprint density at radius 1 is 1.39 bits per heavy atom. The Kier molecular flexibility index (Phi) is 5.11. The molecule has 0 spiro atoms. The van der Waals surface area contributed by atoms with Gasteiger partial charge in [-0.1, -0.05) is 6.08 Å². The van der Waals surface area contributed by atoms with Gasteiger partial charge >= 0.3 is 5.97 Å². The molecule has 0 aliphatic heterocycles. The van der Waals surface area contributed by atoms with Gasteiger partial charge in [0, 0.05) is 5.69 Å². The van der Waals surface area contributed by atoms with E-state index in [4.69, 9.17) is 4.74 Å². The summed E-state index contributed by atoms with van der Waals surface area (Å²) >= 11 is 0. The molecule has 1 rings (SSSR count). The van der Waals surface area contributed by atoms with Crippen molar-refractivity contribution in [2.75, 3.05) is 11.9 Å². The average Bonchev–Trinajstić information content (AvgIpc) is 2.32. The van der Waals surface area contributed by atoms with E-state index in [0.717, 1.165) is 5.56 Å². The highest BCUT2D eigenvalue weighted by molar-refractivity contribution is 6.00. The number of hydrogen-bond acceptors (Lipinski definition) is 3. The Hall–Kier alpha value is -2.10. The molecule has 0 saturated heterocycles. The zero-order valence-corrected chi connectivity index (χ0v) is 10.8. The van der Waals surface area contributed by atoms with Crippen molar-refractivity contribution in [1.82, 2.24) is 0 Å². The number of esters is 1. The maximum Gasteiger partial charge on any atom is 0.338 e. The van der Waals surface area contributed by atoms with Gasteiger partial charge in [0.05, 0.1) is 12.2 Å². The first-order chi connectivity index (χ1) is 8.58. The number of carbonyl (C=O) groups is 2. The SMILES string of the molecule is C/C=C/C(=O)Nc1ccc(C(=O)OCC)cc1C. The minimum atomic E-state index is -0.355. The topological polar surface area (TPSA) is 55.4 Å². The molecule has 0 aliphatic carbocycles. The third kappa shape index (κ3) is 3.73. The first-order valence-electron chi connectivity index (χ1n) is 5.80. The average molecular weight is 247 g/mol. The van der Waals surface area contributed by atoms with Crippen LogP contribution in [-0.4, -0.2) is 18.5 Å². The maximum absolute atomic E-state index is 11.5. The van der Waals surface area contributed by atoms with E-state index in [0.29, 0.717) is 17.9 Å². The van der Waals surface area contributed by atoms with Gasteiger partial charge in [0.25, 0.3) is 0 Å². The molecule has 0 heterocycles. The fourth-order valence-corrected chi connectivity index (χ4v) is 1.47. The Labute approximate surface area is 107 Å². The quantitative estimate of drug-likeness (QED) is 0.657. The standard InChI is InChI=1S/C14H17NO3/c1-4-6-13(16)15-12-8-7-11(9-10(12)3)14(17)18-5-2/h4,6-9H,5H2,1-3H3,(H,15,16)/b6-4+. The second-order valence-electron chi connectivity index (χ2n) is 3.74. The number of nitrogens with one attached hydrogen (secondary N) is 1. The highest BCUT2D eigenvalue weighted by Gasteiger charge is 2.09. The van der Waals surface area contributed by atoms with Gasteiger partial charge in [0.15, 0.2) is 0 Å². The van der Waals surface area contributed by atoms with Gasteiger partial charge in [-0.25, -0.2) is 4.79 Å². The first-order valence-corrected chi connectivity index (χ1v) is 5.80. The van der Waals surface area contributed by atoms with Crippen LogP contribution in [0.2, 0.25) is 0 Å². The number of hydrogen-bond donors (Lipinski definition) is 1. The van der Waals surface area contributed by atoms with Gasteiger partial charge in [0.2, 0.25) is 5.91 Å². The number of carbonyl (C=O) groups excluding carboxylic acids is 2. The molecule has 1 aromatic rings. The van der Waals surface area contributed by atoms with Crippen LogP contribution in [0.15, 0.2) is 30.4 Å². The first kappa shape index (κ1) is 14.0. The fourth-order valence-electron chi connectivity index (χ4n) is 1.47. The number of allylic oxidation sites excluding steroid dienone is 1. The number of anilines is 1. The van der Waals surface area contributed by atoms with Crippen LogP contribution in [0, 0.1) is 6.92 Å². The molecule has 0 saturated carbocycles. The molecule has 0 radical (unpaired) electrons. The van der Waals surface area contributed by atoms with Crippen molar-refractivity contribution in [3.8, 4) is 0 Å². The van der Waals surface area contributed by atoms with E-state index >= 15 is 0 Å². The summed E-state index contributed by atoms with van der Waals surface area (Å²) in [5, 5.41) is 2.73. The van der Waals surface area contributed by atoms with E-state index < -0.39 is 0 Å². The number of benzene rings is 1. The minimum Gasteiger partial charge on any atom is -0.462 e. The van der Waals surface area contributed by atoms with E-state index in [1.165, 1.54) is 6.08 Å². The van der Waals surface area contributed by atoms with Crippen LogP contribution in [0.3, 0.4) is 0 Å². The number of aryl methyl sites for hydroxylation is 1. The van der Waals surface area contributed by atoms with Crippen molar-refractivity contribution < 1.29 is 14.3 Å². The van der Waals surface area contributed by atoms with Crippen molar-refractivity contribution in [1.29, 1.82) is 0 Å². The monoisotopic (exact) mass is 247 g/mol. The lowest BCUT2D eigenvalue weighted by Gasteiger charge is -2.08. The van der Waals surface area contributed by atoms with Gasteiger partial charge < -0.3 is 10.1 Å². The molecule has 0 aromatic heterocycles. The maximum atomic E-state index is 11.5. The highest BCUT2D eigenvalue weighted by atomic mass is 16.5. The normalized spacial score (nSPS) is 10.4. The van der Waals surface area contributed by atoms with Gasteiger partial charge in [-0.2, -0.15) is 0 Å². The molecular formula is C14H17NO3. The summed E-state index contributed by atoms with van der Waals surface area (Å²) in [6.45, 7) is 5.71. The Morgan fingerprint density at radius 2 is 2.11 bits per heavy atom. The van der Waals surface area contributed by atoms with Crippen LogP contribution >= 0.6 is 0 Å². The molecule has 4 heteroatoms. The van der Waals surface area contributed by atoms with E-state index in [9.17, 15) is 9.59 Å². The van der Waals surface area contributed by atoms with Gasteiger partial charge in [0.1, 0.15) is 0 Å². The molecule has 4 nitrogen and oxygen atoms in total. The number of ether oxygens (including phenoxy) is 1. The molecule has 1 N–H and O–H groups in total. The Bertz CT molecular complexity index is 478. The third-order valence-corrected chi connectivity index (χ3v) is 2.31. The highest BCUT2D eigenvalue weighted by Crippen LogP contribution is 2.17. The smallest absolute Gasteiger partial charge is 0.338 e. The van der Waals surface area contributed by atoms with Crippen molar-refractivity contribution >= 4 is 17.6 Å². The van der Waals surface area contributed by atoms with Crippen LogP contribution in [-0.2, 0) is 9.53 Å². The largest absolute Gasteiger partial charge is 0.462 e. The lowest BCUT2D eigenvalue weighted by atomic mass is 10.1. The van der Waals surface area contributed by atoms with Crippen molar-refractivity contribution in [3.05, 3.63) is 41.5 Å². The Morgan fingerprint density at radius 3 is 2.67 bits per heavy atom. The molecule has 96 valence electrons. The van der Waals surface area contributed by atoms with E-state index in [2.05, 4.69) is 5.32 Å². The van der Waals surface area contributed by atoms with Crippen LogP contribution in [0.4, 0.5) is 5.69 Å². The molecule has 0 aliphatic rings. The van der Waals surface area contributed by atoms with Crippen molar-refractivity contribution in [3.63, 3.8) is 0 Å². The van der Waals surface area contributed by atoms with Crippen LogP contribution in [0.5, 0.6) is 0 Å². The van der Waals surface area contributed by atoms with Crippen LogP contribution in [0.25, 0.3) is 0 Å². The molecule has 0 bridgehead atoms. The Balaban J connectivity index is 2.86. The molecule has 0 fully saturated rings. The summed E-state index contributed by atoms with van der Waals surface area (Å²) in [6, 6.07) is 5.03. The summed E-state index contributed by atoms with van der Waals surface area (Å²) in [6.07, 6.45) is 3.11. The van der Waals surface area contributed by atoms with E-state index in [-0.39, 0.29) is 11.9 Å². The molecular weight excluding hydrogens is 230 g/mol. The van der Waals surface area contributed by atoms with E-state index in [1.54, 1.807) is 38.1 Å². The number of rotatable bonds is 4. The molecule has 1 aromatic carbocycles. The number of amides is 1. The van der Waals surface area contributed by atoms with Crippen LogP contribution < -0.4 is 5.32 Å². The second kappa shape index (κ2) is 6.59. The zero-order chi connectivity index (χ0) is 13.5. The van der Waals surface area contributed by atoms with Crippen molar-refractivity contribution in [2.45, 2.75) is 20.8 Å². The van der Waals surface area contributed by atoms with Gasteiger partial charge in [-0.3, -0.25) is 4.79 Å². The summed E-state index contributed by atoms with van der Waals surface area (Å²) in [5.74, 6) is -0.545. The summed E-state index contributed by atoms with van der Waals surface area (Å²) in [5.41, 5.74) is 1.99. The lowest BCUT2D eigenvalue weighted by Crippen LogP contribution is -2.10. The zero-order valence-electron chi connectivity index (χ0n) is 10.8. The van der Waals surface area contributed by atoms with Crippen LogP contribution in [0.1, 0.15) is 29.8 Å².